The highest BCUT2D eigenvalue weighted by Gasteiger charge is 2.54. The summed E-state index contributed by atoms with van der Waals surface area (Å²) >= 11 is 1.58. The van der Waals surface area contributed by atoms with Crippen molar-refractivity contribution in [2.24, 2.45) is 11.8 Å². The first-order chi connectivity index (χ1) is 10.8. The number of nitrogens with one attached hydrogen (secondary N) is 1. The summed E-state index contributed by atoms with van der Waals surface area (Å²) in [6, 6.07) is 5.82. The molecule has 1 saturated heterocycles. The van der Waals surface area contributed by atoms with E-state index in [9.17, 15) is 4.79 Å². The lowest BCUT2D eigenvalue weighted by molar-refractivity contribution is -0.0809. The molecule has 4 atom stereocenters. The highest BCUT2D eigenvalue weighted by molar-refractivity contribution is 7.16. The van der Waals surface area contributed by atoms with Crippen LogP contribution in [0.4, 0.5) is 0 Å². The minimum Gasteiger partial charge on any atom is -0.384 e. The van der Waals surface area contributed by atoms with Crippen molar-refractivity contribution in [2.75, 3.05) is 20.3 Å². The van der Waals surface area contributed by atoms with Crippen LogP contribution in [-0.4, -0.2) is 43.4 Å². The van der Waals surface area contributed by atoms with Crippen molar-refractivity contribution in [3.63, 3.8) is 0 Å². The number of nitrogens with zero attached hydrogens (tertiary/aromatic N) is 1. The topological polar surface area (TPSA) is 60.5 Å². The molecule has 2 aromatic rings. The van der Waals surface area contributed by atoms with Crippen LogP contribution in [0.3, 0.4) is 0 Å². The van der Waals surface area contributed by atoms with Crippen LogP contribution >= 0.6 is 11.3 Å². The van der Waals surface area contributed by atoms with E-state index in [2.05, 4.69) is 10.3 Å². The molecule has 2 aliphatic rings. The van der Waals surface area contributed by atoms with Crippen molar-refractivity contribution in [2.45, 2.75) is 18.6 Å². The zero-order valence-electron chi connectivity index (χ0n) is 12.3. The highest BCUT2D eigenvalue weighted by Crippen LogP contribution is 2.43. The Kier molecular flexibility index (Phi) is 3.60. The largest absolute Gasteiger partial charge is 0.384 e. The van der Waals surface area contributed by atoms with Gasteiger partial charge >= 0.3 is 0 Å². The average Bonchev–Trinajstić information content (AvgIpc) is 3.16. The van der Waals surface area contributed by atoms with Gasteiger partial charge < -0.3 is 14.8 Å². The molecule has 1 N–H and O–H groups in total. The molecule has 6 heteroatoms. The van der Waals surface area contributed by atoms with Gasteiger partial charge in [0.05, 0.1) is 28.4 Å². The van der Waals surface area contributed by atoms with Gasteiger partial charge in [0.25, 0.3) is 5.91 Å². The number of rotatable bonds is 4. The normalized spacial score (nSPS) is 30.0. The molecule has 1 saturated carbocycles. The van der Waals surface area contributed by atoms with Gasteiger partial charge in [-0.3, -0.25) is 4.79 Å². The van der Waals surface area contributed by atoms with Gasteiger partial charge in [-0.2, -0.15) is 0 Å². The van der Waals surface area contributed by atoms with Gasteiger partial charge in [0.2, 0.25) is 0 Å². The van der Waals surface area contributed by atoms with Gasteiger partial charge in [-0.25, -0.2) is 4.98 Å². The first-order valence-electron chi connectivity index (χ1n) is 7.52. The Morgan fingerprint density at radius 1 is 1.55 bits per heavy atom. The monoisotopic (exact) mass is 318 g/mol. The minimum absolute atomic E-state index is 0.0358. The van der Waals surface area contributed by atoms with Crippen LogP contribution in [0.1, 0.15) is 16.8 Å². The van der Waals surface area contributed by atoms with E-state index in [4.69, 9.17) is 9.47 Å². The van der Waals surface area contributed by atoms with Gasteiger partial charge in [-0.1, -0.05) is 0 Å². The van der Waals surface area contributed by atoms with Crippen LogP contribution < -0.4 is 5.32 Å². The van der Waals surface area contributed by atoms with E-state index >= 15 is 0 Å². The Hall–Kier alpha value is -1.50. The fraction of sp³-hybridized carbons (Fsp3) is 0.500. The van der Waals surface area contributed by atoms with Gasteiger partial charge in [-0.05, 0) is 24.6 Å². The van der Waals surface area contributed by atoms with Crippen molar-refractivity contribution in [3.05, 3.63) is 29.3 Å². The van der Waals surface area contributed by atoms with Crippen molar-refractivity contribution >= 4 is 27.5 Å². The number of benzene rings is 1. The van der Waals surface area contributed by atoms with Crippen LogP contribution in [0, 0.1) is 11.8 Å². The lowest BCUT2D eigenvalue weighted by Gasteiger charge is -2.47. The Labute approximate surface area is 132 Å². The van der Waals surface area contributed by atoms with Crippen molar-refractivity contribution in [3.8, 4) is 0 Å². The molecule has 116 valence electrons. The van der Waals surface area contributed by atoms with Gasteiger partial charge in [0, 0.05) is 37.2 Å². The van der Waals surface area contributed by atoms with E-state index in [1.54, 1.807) is 24.0 Å². The molecular weight excluding hydrogens is 300 g/mol. The number of aromatic nitrogens is 1. The lowest BCUT2D eigenvalue weighted by atomic mass is 9.67. The smallest absolute Gasteiger partial charge is 0.251 e. The summed E-state index contributed by atoms with van der Waals surface area (Å²) in [7, 11) is 1.69. The molecule has 1 amide bonds. The molecule has 5 nitrogen and oxygen atoms in total. The first-order valence-corrected chi connectivity index (χ1v) is 8.40. The number of hydrogen-bond acceptors (Lipinski definition) is 5. The summed E-state index contributed by atoms with van der Waals surface area (Å²) in [5.41, 5.74) is 3.34. The molecule has 1 aliphatic heterocycles. The number of carbonyl (C=O) groups is 1. The van der Waals surface area contributed by atoms with E-state index in [1.165, 1.54) is 0 Å². The standard InChI is InChI=1S/C16H18N2O3S/c1-20-7-11-14(10-4-5-21-15(10)11)18-16(19)9-2-3-13-12(6-9)17-8-22-13/h2-3,6,8,10-11,14-15H,4-5,7H2,1H3,(H,18,19)/t10-,11+,14-,15-/m1/s1. The molecule has 1 aromatic carbocycles. The number of ether oxygens (including phenoxy) is 2. The lowest BCUT2D eigenvalue weighted by Crippen LogP contribution is -2.62. The third-order valence-corrected chi connectivity index (χ3v) is 5.59. The molecule has 2 fully saturated rings. The molecule has 4 rings (SSSR count). The summed E-state index contributed by atoms with van der Waals surface area (Å²) < 4.78 is 12.1. The van der Waals surface area contributed by atoms with E-state index in [0.717, 1.165) is 23.2 Å². The zero-order chi connectivity index (χ0) is 15.1. The van der Waals surface area contributed by atoms with Crippen molar-refractivity contribution in [1.82, 2.24) is 10.3 Å². The predicted molar refractivity (Wildman–Crippen MR) is 84.1 cm³/mol. The molecule has 2 heterocycles. The minimum atomic E-state index is -0.0358. The third-order valence-electron chi connectivity index (χ3n) is 4.78. The van der Waals surface area contributed by atoms with Gasteiger partial charge in [0.1, 0.15) is 0 Å². The first kappa shape index (κ1) is 14.1. The molecule has 1 aromatic heterocycles. The van der Waals surface area contributed by atoms with Gasteiger partial charge in [0.15, 0.2) is 0 Å². The van der Waals surface area contributed by atoms with Crippen molar-refractivity contribution in [1.29, 1.82) is 0 Å². The summed E-state index contributed by atoms with van der Waals surface area (Å²) in [6.45, 7) is 1.41. The van der Waals surface area contributed by atoms with Crippen LogP contribution in [0.25, 0.3) is 10.2 Å². The number of carbonyl (C=O) groups excluding carboxylic acids is 1. The van der Waals surface area contributed by atoms with E-state index in [-0.39, 0.29) is 24.0 Å². The Bertz CT molecular complexity index is 702. The SMILES string of the molecule is COC[C@H]1[C@H](NC(=O)c2ccc3scnc3c2)[C@H]2CCO[C@H]21. The molecular formula is C16H18N2O3S. The van der Waals surface area contributed by atoms with Crippen LogP contribution in [0.15, 0.2) is 23.7 Å². The number of fused-ring (bicyclic) bond motifs is 2. The number of thiazole rings is 1. The second kappa shape index (κ2) is 5.61. The molecule has 0 spiro atoms. The van der Waals surface area contributed by atoms with Crippen LogP contribution in [0.2, 0.25) is 0 Å². The fourth-order valence-corrected chi connectivity index (χ4v) is 4.33. The second-order valence-corrected chi connectivity index (χ2v) is 6.83. The van der Waals surface area contributed by atoms with E-state index in [1.807, 2.05) is 18.2 Å². The molecule has 0 unspecified atom stereocenters. The third kappa shape index (κ3) is 2.22. The fourth-order valence-electron chi connectivity index (χ4n) is 3.67. The van der Waals surface area contributed by atoms with Gasteiger partial charge in [-0.15, -0.1) is 11.3 Å². The molecule has 0 bridgehead atoms. The second-order valence-electron chi connectivity index (χ2n) is 5.94. The summed E-state index contributed by atoms with van der Waals surface area (Å²) in [4.78, 5) is 16.8. The quantitative estimate of drug-likeness (QED) is 0.937. The summed E-state index contributed by atoms with van der Waals surface area (Å²) in [5.74, 6) is 0.642. The van der Waals surface area contributed by atoms with Crippen LogP contribution in [0.5, 0.6) is 0 Å². The summed E-state index contributed by atoms with van der Waals surface area (Å²) in [5, 5.41) is 3.17. The Balaban J connectivity index is 1.50. The number of amides is 1. The number of methoxy groups -OCH3 is 1. The predicted octanol–water partition coefficient (Wildman–Crippen LogP) is 2.08. The zero-order valence-corrected chi connectivity index (χ0v) is 13.1. The maximum Gasteiger partial charge on any atom is 0.251 e. The summed E-state index contributed by atoms with van der Waals surface area (Å²) in [6.07, 6.45) is 1.26. The van der Waals surface area contributed by atoms with Crippen LogP contribution in [-0.2, 0) is 9.47 Å². The van der Waals surface area contributed by atoms with E-state index in [0.29, 0.717) is 18.1 Å². The van der Waals surface area contributed by atoms with E-state index < -0.39 is 0 Å². The highest BCUT2D eigenvalue weighted by atomic mass is 32.1. The average molecular weight is 318 g/mol. The Morgan fingerprint density at radius 3 is 3.32 bits per heavy atom. The Morgan fingerprint density at radius 2 is 2.45 bits per heavy atom. The maximum absolute atomic E-state index is 12.5. The molecule has 1 aliphatic carbocycles. The number of hydrogen-bond donors (Lipinski definition) is 1. The molecule has 0 radical (unpaired) electrons. The van der Waals surface area contributed by atoms with Crippen molar-refractivity contribution < 1.29 is 14.3 Å². The maximum atomic E-state index is 12.5. The molecule has 22 heavy (non-hydrogen) atoms.